The number of hydrogen-bond acceptors (Lipinski definition) is 4. The van der Waals surface area contributed by atoms with Gasteiger partial charge in [0.05, 0.1) is 0 Å². The lowest BCUT2D eigenvalue weighted by Gasteiger charge is -2.28. The normalized spacial score (nSPS) is 21.4. The maximum absolute atomic E-state index is 11.3. The number of carbonyl (C=O) groups excluding carboxylic acids is 1. The summed E-state index contributed by atoms with van der Waals surface area (Å²) in [7, 11) is 0. The molecule has 0 aliphatic carbocycles. The van der Waals surface area contributed by atoms with Crippen molar-refractivity contribution in [3.8, 4) is 11.5 Å². The van der Waals surface area contributed by atoms with Crippen molar-refractivity contribution in [3.05, 3.63) is 18.2 Å². The van der Waals surface area contributed by atoms with Crippen LogP contribution in [0.5, 0.6) is 11.5 Å². The van der Waals surface area contributed by atoms with Crippen LogP contribution in [0.1, 0.15) is 27.2 Å². The minimum Gasteiger partial charge on any atom is -0.481 e. The maximum atomic E-state index is 11.3. The predicted octanol–water partition coefficient (Wildman–Crippen LogP) is 2.24. The van der Waals surface area contributed by atoms with Gasteiger partial charge in [-0.1, -0.05) is 6.92 Å². The number of benzene rings is 1. The van der Waals surface area contributed by atoms with Gasteiger partial charge >= 0.3 is 5.97 Å². The minimum absolute atomic E-state index is 0.191. The molecule has 0 aromatic heterocycles. The average Bonchev–Trinajstić information content (AvgIpc) is 2.64. The Hall–Kier alpha value is -2.24. The molecule has 20 heavy (non-hydrogen) atoms. The summed E-state index contributed by atoms with van der Waals surface area (Å²) in [5.41, 5.74) is 0.576. The van der Waals surface area contributed by atoms with Crippen molar-refractivity contribution in [2.24, 2.45) is 5.92 Å². The zero-order valence-electron chi connectivity index (χ0n) is 11.6. The molecule has 0 radical (unpaired) electrons. The van der Waals surface area contributed by atoms with Gasteiger partial charge in [0.1, 0.15) is 5.92 Å². The van der Waals surface area contributed by atoms with E-state index in [1.165, 1.54) is 6.92 Å². The molecule has 6 nitrogen and oxygen atoms in total. The first-order chi connectivity index (χ1) is 9.35. The second-order valence-corrected chi connectivity index (χ2v) is 4.86. The lowest BCUT2D eigenvalue weighted by atomic mass is 9.97. The number of carbonyl (C=O) groups is 2. The Labute approximate surface area is 116 Å². The van der Waals surface area contributed by atoms with Crippen LogP contribution in [0, 0.1) is 5.92 Å². The second-order valence-electron chi connectivity index (χ2n) is 4.86. The molecule has 0 spiro atoms. The molecule has 108 valence electrons. The summed E-state index contributed by atoms with van der Waals surface area (Å²) >= 11 is 0. The molecule has 0 saturated carbocycles. The Morgan fingerprint density at radius 2 is 2.00 bits per heavy atom. The van der Waals surface area contributed by atoms with Gasteiger partial charge in [0, 0.05) is 25.6 Å². The Morgan fingerprint density at radius 1 is 1.35 bits per heavy atom. The van der Waals surface area contributed by atoms with Gasteiger partial charge in [-0.2, -0.15) is 0 Å². The predicted molar refractivity (Wildman–Crippen MR) is 71.8 cm³/mol. The zero-order chi connectivity index (χ0) is 14.9. The fraction of sp³-hybridized carbons (Fsp3) is 0.429. The minimum atomic E-state index is -1.24. The smallest absolute Gasteiger partial charge is 0.314 e. The first-order valence-corrected chi connectivity index (χ1v) is 6.38. The topological polar surface area (TPSA) is 84.9 Å². The van der Waals surface area contributed by atoms with E-state index in [-0.39, 0.29) is 5.91 Å². The summed E-state index contributed by atoms with van der Waals surface area (Å²) in [4.78, 5) is 22.3. The largest absolute Gasteiger partial charge is 0.481 e. The Morgan fingerprint density at radius 3 is 2.55 bits per heavy atom. The monoisotopic (exact) mass is 279 g/mol. The Balaban J connectivity index is 2.26. The fourth-order valence-electron chi connectivity index (χ4n) is 2.32. The molecule has 6 heteroatoms. The maximum Gasteiger partial charge on any atom is 0.314 e. The van der Waals surface area contributed by atoms with Gasteiger partial charge in [-0.25, -0.2) is 0 Å². The molecule has 2 N–H and O–H groups in total. The second kappa shape index (κ2) is 5.03. The molecule has 2 unspecified atom stereocenters. The Bertz CT molecular complexity index is 556. The number of amides is 1. The van der Waals surface area contributed by atoms with Gasteiger partial charge in [0.2, 0.25) is 5.91 Å². The first-order valence-electron chi connectivity index (χ1n) is 6.38. The van der Waals surface area contributed by atoms with E-state index in [0.29, 0.717) is 23.6 Å². The molecule has 1 amide bonds. The third-order valence-electron chi connectivity index (χ3n) is 3.23. The molecular weight excluding hydrogens is 262 g/mol. The number of anilines is 1. The molecule has 1 aliphatic rings. The van der Waals surface area contributed by atoms with Crippen LogP contribution in [0.3, 0.4) is 0 Å². The highest BCUT2D eigenvalue weighted by atomic mass is 16.7. The van der Waals surface area contributed by atoms with Gasteiger partial charge in [-0.15, -0.1) is 0 Å². The number of nitrogens with one attached hydrogen (secondary N) is 1. The molecule has 0 bridgehead atoms. The van der Waals surface area contributed by atoms with Crippen molar-refractivity contribution in [1.82, 2.24) is 0 Å². The lowest BCUT2D eigenvalue weighted by molar-refractivity contribution is -0.166. The van der Waals surface area contributed by atoms with Gasteiger partial charge in [-0.05, 0) is 18.6 Å². The van der Waals surface area contributed by atoms with Crippen LogP contribution in [0.15, 0.2) is 18.2 Å². The molecule has 0 saturated heterocycles. The van der Waals surface area contributed by atoms with Gasteiger partial charge in [-0.3, -0.25) is 9.59 Å². The van der Waals surface area contributed by atoms with Crippen molar-refractivity contribution >= 4 is 17.6 Å². The average molecular weight is 279 g/mol. The highest BCUT2D eigenvalue weighted by Gasteiger charge is 2.47. The summed E-state index contributed by atoms with van der Waals surface area (Å²) in [5, 5.41) is 11.9. The third-order valence-corrected chi connectivity index (χ3v) is 3.23. The van der Waals surface area contributed by atoms with E-state index in [0.717, 1.165) is 0 Å². The van der Waals surface area contributed by atoms with Crippen LogP contribution < -0.4 is 14.8 Å². The standard InChI is InChI=1S/C14H17NO5/c1-4-10(13(17)18)14(3)19-11-6-5-9(15-8(2)16)7-12(11)20-14/h5-7,10H,4H2,1-3H3,(H,15,16)(H,17,18). The number of hydrogen-bond donors (Lipinski definition) is 2. The first kappa shape index (κ1) is 14.2. The molecule has 0 fully saturated rings. The van der Waals surface area contributed by atoms with E-state index in [2.05, 4.69) is 5.32 Å². The van der Waals surface area contributed by atoms with Gasteiger partial charge in [0.15, 0.2) is 11.5 Å². The molecule has 1 aromatic carbocycles. The van der Waals surface area contributed by atoms with Crippen molar-refractivity contribution in [2.45, 2.75) is 33.0 Å². The van der Waals surface area contributed by atoms with Crippen molar-refractivity contribution in [1.29, 1.82) is 0 Å². The summed E-state index contributed by atoms with van der Waals surface area (Å²) in [6, 6.07) is 4.95. The van der Waals surface area contributed by atoms with Crippen molar-refractivity contribution in [2.75, 3.05) is 5.32 Å². The lowest BCUT2D eigenvalue weighted by Crippen LogP contribution is -2.46. The summed E-state index contributed by atoms with van der Waals surface area (Å²) in [5.74, 6) is -2.27. The number of aliphatic carboxylic acids is 1. The summed E-state index contributed by atoms with van der Waals surface area (Å²) in [6.45, 7) is 4.78. The van der Waals surface area contributed by atoms with E-state index in [1.807, 2.05) is 0 Å². The zero-order valence-corrected chi connectivity index (χ0v) is 11.6. The van der Waals surface area contributed by atoms with Crippen molar-refractivity contribution in [3.63, 3.8) is 0 Å². The quantitative estimate of drug-likeness (QED) is 0.883. The van der Waals surface area contributed by atoms with Crippen LogP contribution in [0.4, 0.5) is 5.69 Å². The molecule has 1 heterocycles. The van der Waals surface area contributed by atoms with Crippen LogP contribution >= 0.6 is 0 Å². The van der Waals surface area contributed by atoms with E-state index in [1.54, 1.807) is 32.0 Å². The number of ether oxygens (including phenoxy) is 2. The summed E-state index contributed by atoms with van der Waals surface area (Å²) in [6.07, 6.45) is 0.387. The van der Waals surface area contributed by atoms with Gasteiger partial charge < -0.3 is 19.9 Å². The fourth-order valence-corrected chi connectivity index (χ4v) is 2.32. The number of carboxylic acid groups (broad SMARTS) is 1. The highest BCUT2D eigenvalue weighted by molar-refractivity contribution is 5.89. The number of fused-ring (bicyclic) bond motifs is 1. The SMILES string of the molecule is CCC(C(=O)O)C1(C)Oc2ccc(NC(C)=O)cc2O1. The molecule has 2 rings (SSSR count). The van der Waals surface area contributed by atoms with E-state index in [4.69, 9.17) is 9.47 Å². The molecule has 1 aromatic rings. The number of rotatable bonds is 4. The van der Waals surface area contributed by atoms with Crippen LogP contribution in [0.2, 0.25) is 0 Å². The van der Waals surface area contributed by atoms with E-state index < -0.39 is 17.7 Å². The van der Waals surface area contributed by atoms with Crippen LogP contribution in [-0.2, 0) is 9.59 Å². The molecule has 1 aliphatic heterocycles. The van der Waals surface area contributed by atoms with E-state index >= 15 is 0 Å². The van der Waals surface area contributed by atoms with Crippen LogP contribution in [-0.4, -0.2) is 22.8 Å². The van der Waals surface area contributed by atoms with Crippen LogP contribution in [0.25, 0.3) is 0 Å². The summed E-state index contributed by atoms with van der Waals surface area (Å²) < 4.78 is 11.3. The van der Waals surface area contributed by atoms with E-state index in [9.17, 15) is 14.7 Å². The Kier molecular flexibility index (Phi) is 3.57. The number of carboxylic acids is 1. The van der Waals surface area contributed by atoms with Crippen molar-refractivity contribution < 1.29 is 24.2 Å². The third kappa shape index (κ3) is 2.54. The molecule has 2 atom stereocenters. The van der Waals surface area contributed by atoms with Gasteiger partial charge in [0.25, 0.3) is 5.79 Å². The highest BCUT2D eigenvalue weighted by Crippen LogP contribution is 2.44. The molecular formula is C14H17NO5.